The van der Waals surface area contributed by atoms with Crippen molar-refractivity contribution >= 4 is 28.6 Å². The number of halogens is 1. The molecule has 2 aliphatic heterocycles. The standard InChI is InChI=1S/C18H22INO2/c1-3-10-20-14-8-9-16(20)17(18(21)22-2)15(11-14)12-4-6-13(19)7-5-12/h3-7,14-17H,1,8-11H2,2H3. The van der Waals surface area contributed by atoms with Crippen molar-refractivity contribution in [2.75, 3.05) is 13.7 Å². The van der Waals surface area contributed by atoms with Crippen molar-refractivity contribution in [2.45, 2.75) is 37.3 Å². The number of esters is 1. The van der Waals surface area contributed by atoms with E-state index in [0.29, 0.717) is 6.04 Å². The van der Waals surface area contributed by atoms with Crippen LogP contribution in [0.4, 0.5) is 0 Å². The first-order chi connectivity index (χ1) is 10.7. The second-order valence-electron chi connectivity index (χ2n) is 6.23. The average Bonchev–Trinajstić information content (AvgIpc) is 2.80. The molecule has 118 valence electrons. The number of methoxy groups -OCH3 is 1. The molecule has 0 aliphatic carbocycles. The highest BCUT2D eigenvalue weighted by atomic mass is 127. The molecule has 3 rings (SSSR count). The molecular weight excluding hydrogens is 389 g/mol. The van der Waals surface area contributed by atoms with Crippen LogP contribution in [-0.4, -0.2) is 36.6 Å². The molecule has 0 saturated carbocycles. The molecule has 4 unspecified atom stereocenters. The van der Waals surface area contributed by atoms with Gasteiger partial charge in [-0.2, -0.15) is 0 Å². The Morgan fingerprint density at radius 3 is 2.77 bits per heavy atom. The Morgan fingerprint density at radius 1 is 1.41 bits per heavy atom. The van der Waals surface area contributed by atoms with Crippen LogP contribution in [0.2, 0.25) is 0 Å². The monoisotopic (exact) mass is 411 g/mol. The van der Waals surface area contributed by atoms with Gasteiger partial charge in [-0.15, -0.1) is 6.58 Å². The first kappa shape index (κ1) is 16.0. The van der Waals surface area contributed by atoms with E-state index in [0.717, 1.165) is 19.4 Å². The lowest BCUT2D eigenvalue weighted by atomic mass is 9.76. The van der Waals surface area contributed by atoms with Crippen LogP contribution >= 0.6 is 22.6 Å². The van der Waals surface area contributed by atoms with Gasteiger partial charge in [0.2, 0.25) is 0 Å². The first-order valence-electron chi connectivity index (χ1n) is 7.85. The summed E-state index contributed by atoms with van der Waals surface area (Å²) in [4.78, 5) is 14.9. The highest BCUT2D eigenvalue weighted by molar-refractivity contribution is 14.1. The summed E-state index contributed by atoms with van der Waals surface area (Å²) in [6.45, 7) is 4.73. The van der Waals surface area contributed by atoms with Gasteiger partial charge in [0.05, 0.1) is 13.0 Å². The van der Waals surface area contributed by atoms with Crippen molar-refractivity contribution in [3.63, 3.8) is 0 Å². The summed E-state index contributed by atoms with van der Waals surface area (Å²) < 4.78 is 6.37. The highest BCUT2D eigenvalue weighted by Crippen LogP contribution is 2.47. The summed E-state index contributed by atoms with van der Waals surface area (Å²) in [5.74, 6) is 0.134. The Kier molecular flexibility index (Phi) is 4.88. The number of benzene rings is 1. The second-order valence-corrected chi connectivity index (χ2v) is 7.47. The van der Waals surface area contributed by atoms with E-state index >= 15 is 0 Å². The van der Waals surface area contributed by atoms with Crippen LogP contribution in [0.3, 0.4) is 0 Å². The zero-order valence-corrected chi connectivity index (χ0v) is 15.0. The number of rotatable bonds is 4. The molecule has 4 atom stereocenters. The van der Waals surface area contributed by atoms with Gasteiger partial charge in [-0.05, 0) is 59.5 Å². The van der Waals surface area contributed by atoms with Gasteiger partial charge < -0.3 is 4.74 Å². The first-order valence-corrected chi connectivity index (χ1v) is 8.93. The average molecular weight is 411 g/mol. The fourth-order valence-corrected chi connectivity index (χ4v) is 4.62. The topological polar surface area (TPSA) is 29.5 Å². The van der Waals surface area contributed by atoms with Gasteiger partial charge in [0.15, 0.2) is 0 Å². The number of nitrogens with zero attached hydrogens (tertiary/aromatic N) is 1. The Hall–Kier alpha value is -0.880. The summed E-state index contributed by atoms with van der Waals surface area (Å²) in [6.07, 6.45) is 5.24. The minimum absolute atomic E-state index is 0.0660. The van der Waals surface area contributed by atoms with Crippen LogP contribution in [-0.2, 0) is 9.53 Å². The van der Waals surface area contributed by atoms with E-state index < -0.39 is 0 Å². The number of carbonyl (C=O) groups excluding carboxylic acids is 1. The maximum absolute atomic E-state index is 12.5. The molecule has 0 spiro atoms. The van der Waals surface area contributed by atoms with Crippen LogP contribution in [0.1, 0.15) is 30.7 Å². The largest absolute Gasteiger partial charge is 0.469 e. The van der Waals surface area contributed by atoms with E-state index in [1.807, 2.05) is 6.08 Å². The van der Waals surface area contributed by atoms with Gasteiger partial charge in [-0.3, -0.25) is 9.69 Å². The molecule has 1 aromatic rings. The molecule has 0 radical (unpaired) electrons. The third kappa shape index (κ3) is 2.83. The number of hydrogen-bond donors (Lipinski definition) is 0. The van der Waals surface area contributed by atoms with E-state index in [-0.39, 0.29) is 23.8 Å². The number of piperidine rings is 1. The Morgan fingerprint density at radius 2 is 2.14 bits per heavy atom. The molecule has 3 nitrogen and oxygen atoms in total. The minimum atomic E-state index is -0.0667. The van der Waals surface area contributed by atoms with Crippen molar-refractivity contribution in [3.8, 4) is 0 Å². The lowest BCUT2D eigenvalue weighted by Crippen LogP contribution is -2.50. The van der Waals surface area contributed by atoms with Crippen LogP contribution in [0.5, 0.6) is 0 Å². The molecule has 2 aliphatic rings. The van der Waals surface area contributed by atoms with Gasteiger partial charge in [0.1, 0.15) is 0 Å². The Balaban J connectivity index is 1.94. The SMILES string of the molecule is C=CCN1C2CCC1C(C(=O)OC)C(c1ccc(I)cc1)C2. The minimum Gasteiger partial charge on any atom is -0.469 e. The van der Waals surface area contributed by atoms with E-state index in [9.17, 15) is 4.79 Å². The molecule has 22 heavy (non-hydrogen) atoms. The number of fused-ring (bicyclic) bond motifs is 2. The highest BCUT2D eigenvalue weighted by Gasteiger charge is 2.50. The molecule has 2 bridgehead atoms. The maximum Gasteiger partial charge on any atom is 0.310 e. The molecule has 0 N–H and O–H groups in total. The number of hydrogen-bond acceptors (Lipinski definition) is 3. The molecule has 2 fully saturated rings. The summed E-state index contributed by atoms with van der Waals surface area (Å²) in [7, 11) is 1.51. The summed E-state index contributed by atoms with van der Waals surface area (Å²) in [5, 5.41) is 0. The van der Waals surface area contributed by atoms with Crippen LogP contribution in [0.25, 0.3) is 0 Å². The van der Waals surface area contributed by atoms with E-state index in [1.165, 1.54) is 22.7 Å². The molecule has 2 saturated heterocycles. The Bertz CT molecular complexity index is 557. The molecular formula is C18H22INO2. The molecule has 0 aromatic heterocycles. The fourth-order valence-electron chi connectivity index (χ4n) is 4.26. The van der Waals surface area contributed by atoms with Crippen molar-refractivity contribution < 1.29 is 9.53 Å². The maximum atomic E-state index is 12.5. The van der Waals surface area contributed by atoms with Crippen LogP contribution in [0, 0.1) is 9.49 Å². The van der Waals surface area contributed by atoms with Crippen LogP contribution in [0.15, 0.2) is 36.9 Å². The predicted octanol–water partition coefficient (Wildman–Crippen LogP) is 3.59. The zero-order chi connectivity index (χ0) is 15.7. The third-order valence-electron chi connectivity index (χ3n) is 5.18. The Labute approximate surface area is 145 Å². The summed E-state index contributed by atoms with van der Waals surface area (Å²) >= 11 is 2.32. The summed E-state index contributed by atoms with van der Waals surface area (Å²) in [6, 6.07) is 9.45. The van der Waals surface area contributed by atoms with E-state index in [4.69, 9.17) is 4.74 Å². The quantitative estimate of drug-likeness (QED) is 0.431. The van der Waals surface area contributed by atoms with Crippen molar-refractivity contribution in [1.82, 2.24) is 4.90 Å². The number of carbonyl (C=O) groups is 1. The van der Waals surface area contributed by atoms with E-state index in [1.54, 1.807) is 0 Å². The molecule has 1 aromatic carbocycles. The van der Waals surface area contributed by atoms with Crippen molar-refractivity contribution in [2.24, 2.45) is 5.92 Å². The van der Waals surface area contributed by atoms with Gasteiger partial charge >= 0.3 is 5.97 Å². The van der Waals surface area contributed by atoms with Gasteiger partial charge in [-0.1, -0.05) is 18.2 Å². The predicted molar refractivity (Wildman–Crippen MR) is 95.7 cm³/mol. The van der Waals surface area contributed by atoms with Crippen molar-refractivity contribution in [1.29, 1.82) is 0 Å². The van der Waals surface area contributed by atoms with E-state index in [2.05, 4.69) is 58.3 Å². The molecule has 0 amide bonds. The normalized spacial score (nSPS) is 31.0. The van der Waals surface area contributed by atoms with Crippen LogP contribution < -0.4 is 0 Å². The summed E-state index contributed by atoms with van der Waals surface area (Å²) in [5.41, 5.74) is 1.27. The number of ether oxygens (including phenoxy) is 1. The zero-order valence-electron chi connectivity index (χ0n) is 12.9. The van der Waals surface area contributed by atoms with Crippen molar-refractivity contribution in [3.05, 3.63) is 46.1 Å². The second kappa shape index (κ2) is 6.71. The third-order valence-corrected chi connectivity index (χ3v) is 5.90. The lowest BCUT2D eigenvalue weighted by Gasteiger charge is -2.43. The van der Waals surface area contributed by atoms with Gasteiger partial charge in [0, 0.05) is 28.1 Å². The molecule has 4 heteroatoms. The van der Waals surface area contributed by atoms with Gasteiger partial charge in [-0.25, -0.2) is 0 Å². The smallest absolute Gasteiger partial charge is 0.310 e. The molecule has 2 heterocycles. The van der Waals surface area contributed by atoms with Gasteiger partial charge in [0.25, 0.3) is 0 Å². The fraction of sp³-hybridized carbons (Fsp3) is 0.500. The lowest BCUT2D eigenvalue weighted by molar-refractivity contribution is -0.150.